The van der Waals surface area contributed by atoms with Crippen LogP contribution in [0, 0.1) is 5.92 Å². The van der Waals surface area contributed by atoms with Crippen molar-refractivity contribution < 1.29 is 5.11 Å². The molecule has 1 atom stereocenters. The van der Waals surface area contributed by atoms with Crippen molar-refractivity contribution >= 4 is 10.9 Å². The van der Waals surface area contributed by atoms with E-state index in [9.17, 15) is 5.11 Å². The molecule has 0 amide bonds. The normalized spacial score (nSPS) is 20.7. The van der Waals surface area contributed by atoms with E-state index >= 15 is 0 Å². The minimum atomic E-state index is 0.323. The first-order valence-corrected chi connectivity index (χ1v) is 9.84. The maximum Gasteiger partial charge on any atom is 0.146 e. The molecule has 1 aliphatic carbocycles. The van der Waals surface area contributed by atoms with Crippen LogP contribution in [0.15, 0.2) is 66.5 Å². The predicted molar refractivity (Wildman–Crippen MR) is 110 cm³/mol. The fourth-order valence-corrected chi connectivity index (χ4v) is 4.03. The van der Waals surface area contributed by atoms with E-state index in [2.05, 4.69) is 58.2 Å². The highest BCUT2D eigenvalue weighted by Crippen LogP contribution is 2.29. The lowest BCUT2D eigenvalue weighted by Gasteiger charge is -2.39. The Hall–Kier alpha value is -2.59. The maximum absolute atomic E-state index is 10.6. The van der Waals surface area contributed by atoms with Gasteiger partial charge in [0.15, 0.2) is 0 Å². The first kappa shape index (κ1) is 17.8. The lowest BCUT2D eigenvalue weighted by atomic mass is 10.00. The van der Waals surface area contributed by atoms with Crippen LogP contribution in [0.3, 0.4) is 0 Å². The van der Waals surface area contributed by atoms with Crippen LogP contribution in [-0.4, -0.2) is 46.1 Å². The third kappa shape index (κ3) is 3.76. The van der Waals surface area contributed by atoms with Gasteiger partial charge in [-0.1, -0.05) is 49.4 Å². The number of piperazine rings is 1. The molecule has 1 saturated heterocycles. The molecule has 1 aliphatic heterocycles. The van der Waals surface area contributed by atoms with Gasteiger partial charge < -0.3 is 10.0 Å². The number of aromatic hydroxyl groups is 1. The standard InChI is InChI=1S/C23H27N3O/c1-2-18-7-4-3-5-9-21(18)26-15-13-25(14-16-26)17-20-11-10-19-8-6-12-24-22(19)23(20)27/h3-12,18,27H,2,13-17H2,1H3. The lowest BCUT2D eigenvalue weighted by Crippen LogP contribution is -2.46. The first-order valence-electron chi connectivity index (χ1n) is 9.84. The zero-order valence-corrected chi connectivity index (χ0v) is 15.9. The maximum atomic E-state index is 10.6. The number of nitrogens with zero attached hydrogens (tertiary/aromatic N) is 3. The highest BCUT2D eigenvalue weighted by molar-refractivity contribution is 5.85. The van der Waals surface area contributed by atoms with Crippen LogP contribution in [-0.2, 0) is 6.54 Å². The summed E-state index contributed by atoms with van der Waals surface area (Å²) < 4.78 is 0. The van der Waals surface area contributed by atoms with Gasteiger partial charge in [-0.15, -0.1) is 0 Å². The van der Waals surface area contributed by atoms with Crippen LogP contribution >= 0.6 is 0 Å². The molecule has 1 fully saturated rings. The molecule has 4 heteroatoms. The van der Waals surface area contributed by atoms with Crippen LogP contribution < -0.4 is 0 Å². The number of hydrogen-bond donors (Lipinski definition) is 1. The molecule has 0 bridgehead atoms. The monoisotopic (exact) mass is 361 g/mol. The molecule has 0 saturated carbocycles. The number of benzene rings is 1. The summed E-state index contributed by atoms with van der Waals surface area (Å²) in [4.78, 5) is 9.28. The van der Waals surface area contributed by atoms with Crippen LogP contribution in [0.4, 0.5) is 0 Å². The number of aromatic nitrogens is 1. The molecule has 1 N–H and O–H groups in total. The highest BCUT2D eigenvalue weighted by Gasteiger charge is 2.23. The minimum Gasteiger partial charge on any atom is -0.505 e. The second-order valence-electron chi connectivity index (χ2n) is 7.29. The fraction of sp³-hybridized carbons (Fsp3) is 0.348. The Labute approximate surface area is 161 Å². The van der Waals surface area contributed by atoms with Crippen molar-refractivity contribution in [2.75, 3.05) is 26.2 Å². The van der Waals surface area contributed by atoms with Gasteiger partial charge in [0, 0.05) is 61.5 Å². The van der Waals surface area contributed by atoms with Gasteiger partial charge in [-0.3, -0.25) is 9.88 Å². The second kappa shape index (κ2) is 7.97. The van der Waals surface area contributed by atoms with Crippen LogP contribution in [0.25, 0.3) is 10.9 Å². The Balaban J connectivity index is 1.43. The van der Waals surface area contributed by atoms with Crippen LogP contribution in [0.5, 0.6) is 5.75 Å². The van der Waals surface area contributed by atoms with Gasteiger partial charge in [0.25, 0.3) is 0 Å². The quantitative estimate of drug-likeness (QED) is 0.890. The molecule has 1 unspecified atom stereocenters. The van der Waals surface area contributed by atoms with Gasteiger partial charge >= 0.3 is 0 Å². The largest absolute Gasteiger partial charge is 0.505 e. The van der Waals surface area contributed by atoms with E-state index in [4.69, 9.17) is 0 Å². The summed E-state index contributed by atoms with van der Waals surface area (Å²) in [6, 6.07) is 7.96. The van der Waals surface area contributed by atoms with E-state index in [0.717, 1.165) is 50.1 Å². The van der Waals surface area contributed by atoms with Gasteiger partial charge in [-0.05, 0) is 18.6 Å². The molecule has 4 rings (SSSR count). The molecule has 2 aromatic rings. The van der Waals surface area contributed by atoms with Gasteiger partial charge in [0.2, 0.25) is 0 Å². The van der Waals surface area contributed by atoms with Crippen molar-refractivity contribution in [1.29, 1.82) is 0 Å². The molecule has 4 nitrogen and oxygen atoms in total. The first-order chi connectivity index (χ1) is 13.3. The number of hydrogen-bond acceptors (Lipinski definition) is 4. The summed E-state index contributed by atoms with van der Waals surface area (Å²) in [6.45, 7) is 7.07. The average molecular weight is 361 g/mol. The van der Waals surface area contributed by atoms with E-state index in [-0.39, 0.29) is 0 Å². The summed E-state index contributed by atoms with van der Waals surface area (Å²) in [5, 5.41) is 11.6. The number of fused-ring (bicyclic) bond motifs is 1. The van der Waals surface area contributed by atoms with Gasteiger partial charge in [-0.25, -0.2) is 0 Å². The molecule has 0 radical (unpaired) electrons. The fourth-order valence-electron chi connectivity index (χ4n) is 4.03. The van der Waals surface area contributed by atoms with Crippen molar-refractivity contribution in [2.45, 2.75) is 19.9 Å². The molecule has 27 heavy (non-hydrogen) atoms. The Morgan fingerprint density at radius 1 is 1.07 bits per heavy atom. The molecule has 2 aliphatic rings. The summed E-state index contributed by atoms with van der Waals surface area (Å²) >= 11 is 0. The molecule has 140 valence electrons. The lowest BCUT2D eigenvalue weighted by molar-refractivity contribution is 0.144. The Morgan fingerprint density at radius 3 is 2.74 bits per heavy atom. The van der Waals surface area contributed by atoms with E-state index in [1.807, 2.05) is 18.2 Å². The number of phenolic OH excluding ortho intramolecular Hbond substituents is 1. The van der Waals surface area contributed by atoms with Crippen molar-refractivity contribution in [3.63, 3.8) is 0 Å². The third-order valence-corrected chi connectivity index (χ3v) is 5.62. The average Bonchev–Trinajstić information content (AvgIpc) is 2.96. The Morgan fingerprint density at radius 2 is 1.93 bits per heavy atom. The summed E-state index contributed by atoms with van der Waals surface area (Å²) in [5.74, 6) is 0.825. The predicted octanol–water partition coefficient (Wildman–Crippen LogP) is 4.09. The van der Waals surface area contributed by atoms with E-state index in [0.29, 0.717) is 17.2 Å². The van der Waals surface area contributed by atoms with Crippen molar-refractivity contribution in [2.24, 2.45) is 5.92 Å². The van der Waals surface area contributed by atoms with E-state index in [1.54, 1.807) is 6.20 Å². The third-order valence-electron chi connectivity index (χ3n) is 5.62. The van der Waals surface area contributed by atoms with Crippen molar-refractivity contribution in [3.05, 3.63) is 72.1 Å². The Bertz CT molecular complexity index is 892. The number of phenols is 1. The van der Waals surface area contributed by atoms with Gasteiger partial charge in [0.05, 0.1) is 0 Å². The second-order valence-corrected chi connectivity index (χ2v) is 7.29. The molecule has 1 aromatic heterocycles. The van der Waals surface area contributed by atoms with Crippen LogP contribution in [0.2, 0.25) is 0 Å². The van der Waals surface area contributed by atoms with E-state index < -0.39 is 0 Å². The number of pyridine rings is 1. The van der Waals surface area contributed by atoms with E-state index in [1.165, 1.54) is 5.70 Å². The summed E-state index contributed by atoms with van der Waals surface area (Å²) in [5.41, 5.74) is 3.09. The molecular weight excluding hydrogens is 334 g/mol. The number of allylic oxidation sites excluding steroid dienone is 5. The molecule has 2 heterocycles. The zero-order chi connectivity index (χ0) is 18.6. The number of rotatable bonds is 4. The Kier molecular flexibility index (Phi) is 5.26. The van der Waals surface area contributed by atoms with Crippen LogP contribution in [0.1, 0.15) is 18.9 Å². The zero-order valence-electron chi connectivity index (χ0n) is 15.9. The summed E-state index contributed by atoms with van der Waals surface area (Å²) in [6.07, 6.45) is 13.9. The molecule has 0 spiro atoms. The van der Waals surface area contributed by atoms with Gasteiger partial charge in [0.1, 0.15) is 11.3 Å². The van der Waals surface area contributed by atoms with Gasteiger partial charge in [-0.2, -0.15) is 0 Å². The van der Waals surface area contributed by atoms with Crippen molar-refractivity contribution in [1.82, 2.24) is 14.8 Å². The highest BCUT2D eigenvalue weighted by atomic mass is 16.3. The minimum absolute atomic E-state index is 0.323. The topological polar surface area (TPSA) is 39.6 Å². The molecule has 1 aromatic carbocycles. The smallest absolute Gasteiger partial charge is 0.146 e. The van der Waals surface area contributed by atoms with Crippen molar-refractivity contribution in [3.8, 4) is 5.75 Å². The molecular formula is C23H27N3O. The summed E-state index contributed by atoms with van der Waals surface area (Å²) in [7, 11) is 0. The SMILES string of the molecule is CCC1C=CC=CC=C1N1CCN(Cc2ccc3cccnc3c2O)CC1.